The van der Waals surface area contributed by atoms with Crippen molar-refractivity contribution in [2.45, 2.75) is 32.9 Å². The van der Waals surface area contributed by atoms with Gasteiger partial charge in [-0.1, -0.05) is 19.1 Å². The van der Waals surface area contributed by atoms with Crippen LogP contribution in [0, 0.1) is 5.92 Å². The minimum atomic E-state index is -0.191. The molecule has 0 atom stereocenters. The highest BCUT2D eigenvalue weighted by atomic mass is 35.5. The number of likely N-dealkylation sites (tertiary alicyclic amines) is 1. The lowest BCUT2D eigenvalue weighted by atomic mass is 9.99. The second-order valence-electron chi connectivity index (χ2n) is 6.44. The zero-order valence-electron chi connectivity index (χ0n) is 14.8. The Morgan fingerprint density at radius 2 is 1.92 bits per heavy atom. The molecule has 0 spiro atoms. The van der Waals surface area contributed by atoms with Gasteiger partial charge in [0.05, 0.1) is 0 Å². The Labute approximate surface area is 171 Å². The molecule has 3 rings (SSSR count). The number of nitrogens with two attached hydrogens (primary N) is 1. The molecular weight excluding hydrogens is 391 g/mol. The van der Waals surface area contributed by atoms with Crippen molar-refractivity contribution >= 4 is 47.7 Å². The molecule has 0 bridgehead atoms. The van der Waals surface area contributed by atoms with Crippen LogP contribution in [0.3, 0.4) is 0 Å². The van der Waals surface area contributed by atoms with E-state index in [2.05, 4.69) is 34.3 Å². The lowest BCUT2D eigenvalue weighted by Crippen LogP contribution is -2.32. The maximum atomic E-state index is 12.2. The number of hydrogen-bond acceptors (Lipinski definition) is 5. The van der Waals surface area contributed by atoms with Crippen LogP contribution in [-0.2, 0) is 13.1 Å². The van der Waals surface area contributed by atoms with E-state index in [1.54, 1.807) is 5.38 Å². The van der Waals surface area contributed by atoms with Crippen molar-refractivity contribution in [3.05, 3.63) is 45.9 Å². The van der Waals surface area contributed by atoms with Gasteiger partial charge in [-0.15, -0.1) is 36.2 Å². The van der Waals surface area contributed by atoms with E-state index in [1.165, 1.54) is 42.8 Å². The standard InChI is InChI=1S/C18H24N4OS.2ClH/c1-13-6-8-22(9-7-13)11-14-2-4-15(5-3-14)20-18(23)16-12-24-17(10-19)21-16;;/h2-5,12-13H,6-11,19H2,1H3,(H,20,23);2*1H. The van der Waals surface area contributed by atoms with E-state index in [0.717, 1.165) is 23.2 Å². The maximum Gasteiger partial charge on any atom is 0.275 e. The average Bonchev–Trinajstić information content (AvgIpc) is 3.08. The first kappa shape index (κ1) is 22.9. The Bertz CT molecular complexity index is 685. The normalized spacial score (nSPS) is 15.0. The second-order valence-corrected chi connectivity index (χ2v) is 7.38. The highest BCUT2D eigenvalue weighted by Gasteiger charge is 2.15. The minimum Gasteiger partial charge on any atom is -0.325 e. The summed E-state index contributed by atoms with van der Waals surface area (Å²) in [5.74, 6) is 0.660. The topological polar surface area (TPSA) is 71.2 Å². The molecule has 144 valence electrons. The molecule has 1 fully saturated rings. The van der Waals surface area contributed by atoms with E-state index < -0.39 is 0 Å². The number of nitrogens with zero attached hydrogens (tertiary/aromatic N) is 2. The van der Waals surface area contributed by atoms with Crippen LogP contribution in [0.15, 0.2) is 29.6 Å². The SMILES string of the molecule is CC1CCN(Cc2ccc(NC(=O)c3csc(CN)n3)cc2)CC1.Cl.Cl. The summed E-state index contributed by atoms with van der Waals surface area (Å²) in [4.78, 5) is 18.9. The average molecular weight is 417 g/mol. The number of anilines is 1. The van der Waals surface area contributed by atoms with E-state index in [0.29, 0.717) is 12.2 Å². The number of benzene rings is 1. The number of halogens is 2. The zero-order valence-corrected chi connectivity index (χ0v) is 17.3. The van der Waals surface area contributed by atoms with Crippen LogP contribution < -0.4 is 11.1 Å². The molecule has 0 unspecified atom stereocenters. The van der Waals surface area contributed by atoms with E-state index >= 15 is 0 Å². The molecule has 1 aromatic carbocycles. The van der Waals surface area contributed by atoms with E-state index in [1.807, 2.05) is 12.1 Å². The number of piperidine rings is 1. The molecule has 0 radical (unpaired) electrons. The van der Waals surface area contributed by atoms with Crippen LogP contribution in [0.25, 0.3) is 0 Å². The summed E-state index contributed by atoms with van der Waals surface area (Å²) in [6, 6.07) is 8.08. The molecule has 8 heteroatoms. The fourth-order valence-electron chi connectivity index (χ4n) is 2.88. The molecule has 1 amide bonds. The van der Waals surface area contributed by atoms with Crippen molar-refractivity contribution < 1.29 is 4.79 Å². The Hall–Kier alpha value is -1.18. The molecule has 0 saturated carbocycles. The Morgan fingerprint density at radius 1 is 1.27 bits per heavy atom. The fraction of sp³-hybridized carbons (Fsp3) is 0.444. The van der Waals surface area contributed by atoms with Gasteiger partial charge < -0.3 is 11.1 Å². The number of nitrogens with one attached hydrogen (secondary N) is 1. The number of rotatable bonds is 5. The molecule has 0 aliphatic carbocycles. The lowest BCUT2D eigenvalue weighted by molar-refractivity contribution is 0.102. The van der Waals surface area contributed by atoms with Gasteiger partial charge in [0.2, 0.25) is 0 Å². The van der Waals surface area contributed by atoms with Crippen molar-refractivity contribution in [1.82, 2.24) is 9.88 Å². The second kappa shape index (κ2) is 10.8. The van der Waals surface area contributed by atoms with Crippen molar-refractivity contribution in [2.75, 3.05) is 18.4 Å². The van der Waals surface area contributed by atoms with E-state index in [9.17, 15) is 4.79 Å². The first-order valence-corrected chi connectivity index (χ1v) is 9.29. The number of amides is 1. The summed E-state index contributed by atoms with van der Waals surface area (Å²) in [5.41, 5.74) is 8.02. The van der Waals surface area contributed by atoms with Gasteiger partial charge in [-0.25, -0.2) is 4.98 Å². The number of thiazole rings is 1. The smallest absolute Gasteiger partial charge is 0.275 e. The van der Waals surface area contributed by atoms with E-state index in [4.69, 9.17) is 5.73 Å². The summed E-state index contributed by atoms with van der Waals surface area (Å²) in [7, 11) is 0. The third-order valence-electron chi connectivity index (χ3n) is 4.45. The van der Waals surface area contributed by atoms with Crippen molar-refractivity contribution in [1.29, 1.82) is 0 Å². The monoisotopic (exact) mass is 416 g/mol. The minimum absolute atomic E-state index is 0. The van der Waals surface area contributed by atoms with Gasteiger partial charge >= 0.3 is 0 Å². The maximum absolute atomic E-state index is 12.2. The number of aromatic nitrogens is 1. The molecule has 1 aliphatic rings. The number of hydrogen-bond donors (Lipinski definition) is 2. The summed E-state index contributed by atoms with van der Waals surface area (Å²) >= 11 is 1.41. The Balaban J connectivity index is 0.00000169. The third-order valence-corrected chi connectivity index (χ3v) is 5.32. The number of carbonyl (C=O) groups is 1. The molecule has 26 heavy (non-hydrogen) atoms. The fourth-order valence-corrected chi connectivity index (χ4v) is 3.53. The van der Waals surface area contributed by atoms with Gasteiger partial charge in [0, 0.05) is 24.2 Å². The van der Waals surface area contributed by atoms with Crippen LogP contribution in [0.5, 0.6) is 0 Å². The Kier molecular flexibility index (Phi) is 9.54. The van der Waals surface area contributed by atoms with Crippen molar-refractivity contribution in [3.8, 4) is 0 Å². The summed E-state index contributed by atoms with van der Waals surface area (Å²) in [6.45, 7) is 6.02. The molecule has 5 nitrogen and oxygen atoms in total. The van der Waals surface area contributed by atoms with Crippen molar-refractivity contribution in [2.24, 2.45) is 11.7 Å². The van der Waals surface area contributed by atoms with E-state index in [-0.39, 0.29) is 30.7 Å². The summed E-state index contributed by atoms with van der Waals surface area (Å²) < 4.78 is 0. The Morgan fingerprint density at radius 3 is 2.50 bits per heavy atom. The lowest BCUT2D eigenvalue weighted by Gasteiger charge is -2.30. The van der Waals surface area contributed by atoms with Crippen LogP contribution in [-0.4, -0.2) is 28.9 Å². The molecule has 2 aromatic rings. The van der Waals surface area contributed by atoms with Gasteiger partial charge in [0.25, 0.3) is 5.91 Å². The van der Waals surface area contributed by atoms with Crippen LogP contribution in [0.2, 0.25) is 0 Å². The van der Waals surface area contributed by atoms with Gasteiger partial charge in [0.1, 0.15) is 10.7 Å². The largest absolute Gasteiger partial charge is 0.325 e. The summed E-state index contributed by atoms with van der Waals surface area (Å²) in [5, 5.41) is 5.39. The third kappa shape index (κ3) is 6.21. The quantitative estimate of drug-likeness (QED) is 0.774. The van der Waals surface area contributed by atoms with Gasteiger partial charge in [-0.05, 0) is 49.5 Å². The van der Waals surface area contributed by atoms with Gasteiger partial charge in [-0.3, -0.25) is 9.69 Å². The summed E-state index contributed by atoms with van der Waals surface area (Å²) in [6.07, 6.45) is 2.57. The molecule has 3 N–H and O–H groups in total. The predicted molar refractivity (Wildman–Crippen MR) is 113 cm³/mol. The molecule has 1 aromatic heterocycles. The predicted octanol–water partition coefficient (Wildman–Crippen LogP) is 3.93. The molecule has 2 heterocycles. The van der Waals surface area contributed by atoms with Gasteiger partial charge in [0.15, 0.2) is 0 Å². The molecule has 1 saturated heterocycles. The molecular formula is C18H26Cl2N4OS. The highest BCUT2D eigenvalue weighted by Crippen LogP contribution is 2.19. The first-order valence-electron chi connectivity index (χ1n) is 8.41. The van der Waals surface area contributed by atoms with Crippen LogP contribution in [0.1, 0.15) is 40.8 Å². The molecule has 1 aliphatic heterocycles. The van der Waals surface area contributed by atoms with Gasteiger partial charge in [-0.2, -0.15) is 0 Å². The van der Waals surface area contributed by atoms with Crippen LogP contribution in [0.4, 0.5) is 5.69 Å². The van der Waals surface area contributed by atoms with Crippen molar-refractivity contribution in [3.63, 3.8) is 0 Å². The zero-order chi connectivity index (χ0) is 16.9. The van der Waals surface area contributed by atoms with Crippen LogP contribution >= 0.6 is 36.2 Å². The highest BCUT2D eigenvalue weighted by molar-refractivity contribution is 7.09. The first-order chi connectivity index (χ1) is 11.6. The number of carbonyl (C=O) groups excluding carboxylic acids is 1.